The third kappa shape index (κ3) is 2.56. The first-order valence-electron chi connectivity index (χ1n) is 6.63. The molecule has 0 spiro atoms. The lowest BCUT2D eigenvalue weighted by Crippen LogP contribution is -2.44. The molecule has 0 bridgehead atoms. The minimum atomic E-state index is -0.299. The van der Waals surface area contributed by atoms with E-state index >= 15 is 0 Å². The van der Waals surface area contributed by atoms with E-state index < -0.39 is 0 Å². The molecule has 0 unspecified atom stereocenters. The van der Waals surface area contributed by atoms with Gasteiger partial charge in [0.1, 0.15) is 0 Å². The maximum Gasteiger partial charge on any atom is 0.227 e. The van der Waals surface area contributed by atoms with Crippen LogP contribution in [0, 0.1) is 5.41 Å². The lowest BCUT2D eigenvalue weighted by molar-refractivity contribution is -0.130. The van der Waals surface area contributed by atoms with E-state index in [0.717, 1.165) is 37.8 Å². The molecule has 0 atom stereocenters. The zero-order valence-electron chi connectivity index (χ0n) is 11.0. The van der Waals surface area contributed by atoms with Crippen LogP contribution in [-0.2, 0) is 18.3 Å². The van der Waals surface area contributed by atoms with E-state index in [4.69, 9.17) is 5.73 Å². The maximum atomic E-state index is 12.2. The summed E-state index contributed by atoms with van der Waals surface area (Å²) in [7, 11) is 1.91. The molecule has 0 aromatic carbocycles. The van der Waals surface area contributed by atoms with Gasteiger partial charge in [-0.1, -0.05) is 12.8 Å². The van der Waals surface area contributed by atoms with Crippen LogP contribution in [0.5, 0.6) is 0 Å². The second-order valence-corrected chi connectivity index (χ2v) is 5.14. The summed E-state index contributed by atoms with van der Waals surface area (Å²) in [6, 6.07) is 1.97. The number of rotatable bonds is 5. The zero-order valence-corrected chi connectivity index (χ0v) is 11.0. The summed E-state index contributed by atoms with van der Waals surface area (Å²) in [6.45, 7) is 1.12. The average Bonchev–Trinajstić information content (AvgIpc) is 2.99. The molecule has 0 saturated heterocycles. The Labute approximate surface area is 108 Å². The first kappa shape index (κ1) is 13.1. The number of amides is 1. The summed E-state index contributed by atoms with van der Waals surface area (Å²) in [5.74, 6) is 0.129. The van der Waals surface area contributed by atoms with E-state index in [1.807, 2.05) is 17.8 Å². The molecule has 5 nitrogen and oxygen atoms in total. The van der Waals surface area contributed by atoms with Crippen molar-refractivity contribution in [2.75, 3.05) is 13.1 Å². The minimum Gasteiger partial charge on any atom is -0.355 e. The van der Waals surface area contributed by atoms with Crippen molar-refractivity contribution in [2.45, 2.75) is 32.1 Å². The fourth-order valence-electron chi connectivity index (χ4n) is 2.71. The van der Waals surface area contributed by atoms with Crippen LogP contribution >= 0.6 is 0 Å². The number of hydrogen-bond donors (Lipinski definition) is 2. The fourth-order valence-corrected chi connectivity index (χ4v) is 2.71. The third-order valence-corrected chi connectivity index (χ3v) is 4.02. The molecule has 1 heterocycles. The first-order valence-corrected chi connectivity index (χ1v) is 6.63. The summed E-state index contributed by atoms with van der Waals surface area (Å²) in [5, 5.41) is 7.13. The van der Waals surface area contributed by atoms with Crippen LogP contribution in [0.4, 0.5) is 0 Å². The molecule has 0 radical (unpaired) electrons. The highest BCUT2D eigenvalue weighted by atomic mass is 16.2. The predicted octanol–water partition coefficient (Wildman–Crippen LogP) is 0.598. The number of carbonyl (C=O) groups excluding carboxylic acids is 1. The second-order valence-electron chi connectivity index (χ2n) is 5.14. The van der Waals surface area contributed by atoms with Crippen LogP contribution in [0.1, 0.15) is 31.4 Å². The minimum absolute atomic E-state index is 0.129. The number of aryl methyl sites for hydroxylation is 1. The largest absolute Gasteiger partial charge is 0.355 e. The van der Waals surface area contributed by atoms with E-state index in [9.17, 15) is 4.79 Å². The number of hydrogen-bond acceptors (Lipinski definition) is 3. The van der Waals surface area contributed by atoms with E-state index in [2.05, 4.69) is 10.4 Å². The van der Waals surface area contributed by atoms with Gasteiger partial charge in [0.25, 0.3) is 0 Å². The molecule has 2 rings (SSSR count). The summed E-state index contributed by atoms with van der Waals surface area (Å²) >= 11 is 0. The van der Waals surface area contributed by atoms with Crippen molar-refractivity contribution in [1.29, 1.82) is 0 Å². The molecule has 1 aliphatic rings. The molecule has 1 fully saturated rings. The van der Waals surface area contributed by atoms with Gasteiger partial charge in [-0.15, -0.1) is 0 Å². The number of nitrogens with two attached hydrogens (primary N) is 1. The highest BCUT2D eigenvalue weighted by Crippen LogP contribution is 2.37. The standard InChI is InChI=1S/C13H22N4O/c1-17-11(5-9-16-17)4-8-15-12(18)13(10-14)6-2-3-7-13/h5,9H,2-4,6-8,10,14H2,1H3,(H,15,18). The fraction of sp³-hybridized carbons (Fsp3) is 0.692. The topological polar surface area (TPSA) is 72.9 Å². The van der Waals surface area contributed by atoms with Gasteiger partial charge in [0, 0.05) is 38.4 Å². The lowest BCUT2D eigenvalue weighted by Gasteiger charge is -2.25. The predicted molar refractivity (Wildman–Crippen MR) is 69.9 cm³/mol. The van der Waals surface area contributed by atoms with Gasteiger partial charge in [-0.05, 0) is 18.9 Å². The Morgan fingerprint density at radius 2 is 2.28 bits per heavy atom. The van der Waals surface area contributed by atoms with Crippen molar-refractivity contribution < 1.29 is 4.79 Å². The molecule has 3 N–H and O–H groups in total. The molecular formula is C13H22N4O. The number of nitrogens with zero attached hydrogens (tertiary/aromatic N) is 2. The molecule has 5 heteroatoms. The van der Waals surface area contributed by atoms with Gasteiger partial charge < -0.3 is 11.1 Å². The second kappa shape index (κ2) is 5.52. The van der Waals surface area contributed by atoms with Crippen molar-refractivity contribution in [1.82, 2.24) is 15.1 Å². The molecule has 100 valence electrons. The van der Waals surface area contributed by atoms with Gasteiger partial charge in [-0.25, -0.2) is 0 Å². The van der Waals surface area contributed by atoms with E-state index in [-0.39, 0.29) is 11.3 Å². The van der Waals surface area contributed by atoms with Gasteiger partial charge in [0.15, 0.2) is 0 Å². The number of aromatic nitrogens is 2. The summed E-state index contributed by atoms with van der Waals surface area (Å²) < 4.78 is 1.83. The molecule has 1 saturated carbocycles. The van der Waals surface area contributed by atoms with Crippen LogP contribution in [0.15, 0.2) is 12.3 Å². The van der Waals surface area contributed by atoms with E-state index in [1.54, 1.807) is 6.20 Å². The summed E-state index contributed by atoms with van der Waals surface area (Å²) in [4.78, 5) is 12.2. The Bertz CT molecular complexity index is 407. The molecule has 1 aromatic heterocycles. The molecule has 1 aliphatic carbocycles. The Morgan fingerprint density at radius 3 is 2.83 bits per heavy atom. The Balaban J connectivity index is 1.83. The van der Waals surface area contributed by atoms with Crippen molar-refractivity contribution in [2.24, 2.45) is 18.2 Å². The van der Waals surface area contributed by atoms with Crippen LogP contribution in [0.25, 0.3) is 0 Å². The Kier molecular flexibility index (Phi) is 4.01. The third-order valence-electron chi connectivity index (χ3n) is 4.02. The van der Waals surface area contributed by atoms with Crippen molar-refractivity contribution in [3.05, 3.63) is 18.0 Å². The lowest BCUT2D eigenvalue weighted by atomic mass is 9.85. The molecule has 1 aromatic rings. The highest BCUT2D eigenvalue weighted by Gasteiger charge is 2.39. The number of carbonyl (C=O) groups is 1. The Hall–Kier alpha value is -1.36. The highest BCUT2D eigenvalue weighted by molar-refractivity contribution is 5.83. The van der Waals surface area contributed by atoms with Crippen LogP contribution < -0.4 is 11.1 Å². The van der Waals surface area contributed by atoms with Crippen LogP contribution in [0.3, 0.4) is 0 Å². The molecule has 1 amide bonds. The van der Waals surface area contributed by atoms with Gasteiger partial charge in [-0.2, -0.15) is 5.10 Å². The summed E-state index contributed by atoms with van der Waals surface area (Å²) in [6.07, 6.45) is 6.68. The smallest absolute Gasteiger partial charge is 0.227 e. The number of nitrogens with one attached hydrogen (secondary N) is 1. The van der Waals surface area contributed by atoms with Gasteiger partial charge in [0.05, 0.1) is 5.41 Å². The van der Waals surface area contributed by atoms with E-state index in [1.165, 1.54) is 0 Å². The quantitative estimate of drug-likeness (QED) is 0.803. The normalized spacial score (nSPS) is 17.9. The average molecular weight is 250 g/mol. The maximum absolute atomic E-state index is 12.2. The van der Waals surface area contributed by atoms with Gasteiger partial charge >= 0.3 is 0 Å². The van der Waals surface area contributed by atoms with Gasteiger partial charge in [-0.3, -0.25) is 9.48 Å². The van der Waals surface area contributed by atoms with Gasteiger partial charge in [0.2, 0.25) is 5.91 Å². The SMILES string of the molecule is Cn1nccc1CCNC(=O)C1(CN)CCCC1. The monoisotopic (exact) mass is 250 g/mol. The van der Waals surface area contributed by atoms with Crippen molar-refractivity contribution in [3.63, 3.8) is 0 Å². The zero-order chi connectivity index (χ0) is 13.0. The molecule has 0 aliphatic heterocycles. The van der Waals surface area contributed by atoms with Crippen molar-refractivity contribution >= 4 is 5.91 Å². The van der Waals surface area contributed by atoms with Crippen molar-refractivity contribution in [3.8, 4) is 0 Å². The Morgan fingerprint density at radius 1 is 1.56 bits per heavy atom. The van der Waals surface area contributed by atoms with Crippen LogP contribution in [-0.4, -0.2) is 28.8 Å². The first-order chi connectivity index (χ1) is 8.68. The molecular weight excluding hydrogens is 228 g/mol. The van der Waals surface area contributed by atoms with E-state index in [0.29, 0.717) is 13.1 Å². The van der Waals surface area contributed by atoms with Crippen LogP contribution in [0.2, 0.25) is 0 Å². The summed E-state index contributed by atoms with van der Waals surface area (Å²) in [5.41, 5.74) is 6.61. The molecule has 18 heavy (non-hydrogen) atoms.